The van der Waals surface area contributed by atoms with Crippen LogP contribution in [0.1, 0.15) is 19.3 Å². The summed E-state index contributed by atoms with van der Waals surface area (Å²) in [6, 6.07) is 4.54. The Labute approximate surface area is 128 Å². The van der Waals surface area contributed by atoms with Crippen LogP contribution >= 0.6 is 11.8 Å². The lowest BCUT2D eigenvalue weighted by Gasteiger charge is -2.13. The summed E-state index contributed by atoms with van der Waals surface area (Å²) in [5.41, 5.74) is 6.02. The molecule has 0 spiro atoms. The summed E-state index contributed by atoms with van der Waals surface area (Å²) in [6.07, 6.45) is 2.33. The molecule has 1 saturated carbocycles. The van der Waals surface area contributed by atoms with E-state index in [1.165, 1.54) is 31.0 Å². The molecular formula is C13H18N2O4S2. The van der Waals surface area contributed by atoms with Gasteiger partial charge in [-0.25, -0.2) is 13.6 Å². The summed E-state index contributed by atoms with van der Waals surface area (Å²) in [6.45, 7) is 0. The lowest BCUT2D eigenvalue weighted by Crippen LogP contribution is -2.14. The van der Waals surface area contributed by atoms with Crippen LogP contribution in [-0.2, 0) is 19.6 Å². The molecule has 0 atom stereocenters. The van der Waals surface area contributed by atoms with E-state index in [1.54, 1.807) is 6.07 Å². The number of esters is 1. The Hall–Kier alpha value is -1.25. The molecule has 21 heavy (non-hydrogen) atoms. The second-order valence-electron chi connectivity index (χ2n) is 5.32. The third-order valence-electron chi connectivity index (χ3n) is 3.48. The summed E-state index contributed by atoms with van der Waals surface area (Å²) < 4.78 is 27.5. The minimum atomic E-state index is -3.78. The zero-order chi connectivity index (χ0) is 15.7. The Kier molecular flexibility index (Phi) is 4.50. The highest BCUT2D eigenvalue weighted by Crippen LogP contribution is 2.52. The maximum atomic E-state index is 11.4. The number of methoxy groups -OCH3 is 1. The van der Waals surface area contributed by atoms with Gasteiger partial charge in [-0.05, 0) is 36.5 Å². The van der Waals surface area contributed by atoms with Gasteiger partial charge < -0.3 is 10.5 Å². The lowest BCUT2D eigenvalue weighted by molar-refractivity contribution is -0.141. The Bertz CT molecular complexity index is 654. The van der Waals surface area contributed by atoms with Gasteiger partial charge >= 0.3 is 5.97 Å². The predicted molar refractivity (Wildman–Crippen MR) is 81.3 cm³/mol. The molecule has 116 valence electrons. The van der Waals surface area contributed by atoms with Gasteiger partial charge in [0.25, 0.3) is 0 Å². The highest BCUT2D eigenvalue weighted by Gasteiger charge is 2.44. The molecular weight excluding hydrogens is 312 g/mol. The second kappa shape index (κ2) is 5.86. The van der Waals surface area contributed by atoms with E-state index in [2.05, 4.69) is 0 Å². The van der Waals surface area contributed by atoms with Gasteiger partial charge in [-0.15, -0.1) is 11.8 Å². The minimum Gasteiger partial charge on any atom is -0.469 e. The zero-order valence-electron chi connectivity index (χ0n) is 11.7. The fraction of sp³-hybridized carbons (Fsp3) is 0.462. The molecule has 2 rings (SSSR count). The Balaban J connectivity index is 2.07. The van der Waals surface area contributed by atoms with Gasteiger partial charge in [0.2, 0.25) is 10.0 Å². The number of nitrogen functional groups attached to an aromatic ring is 1. The first-order valence-corrected chi connectivity index (χ1v) is 8.90. The van der Waals surface area contributed by atoms with E-state index in [9.17, 15) is 13.2 Å². The van der Waals surface area contributed by atoms with Crippen molar-refractivity contribution in [2.45, 2.75) is 29.1 Å². The van der Waals surface area contributed by atoms with Gasteiger partial charge in [-0.1, -0.05) is 0 Å². The fourth-order valence-electron chi connectivity index (χ4n) is 2.01. The molecule has 1 aromatic rings. The highest BCUT2D eigenvalue weighted by atomic mass is 32.2. The normalized spacial score (nSPS) is 16.5. The van der Waals surface area contributed by atoms with Gasteiger partial charge in [0.05, 0.1) is 18.4 Å². The predicted octanol–water partition coefficient (Wildman–Crippen LogP) is 1.35. The minimum absolute atomic E-state index is 0.00261. The molecule has 1 fully saturated rings. The maximum absolute atomic E-state index is 11.4. The number of nitrogens with two attached hydrogens (primary N) is 2. The monoisotopic (exact) mass is 330 g/mol. The summed E-state index contributed by atoms with van der Waals surface area (Å²) in [5.74, 6) is 0.501. The average molecular weight is 330 g/mol. The van der Waals surface area contributed by atoms with Crippen molar-refractivity contribution in [2.75, 3.05) is 18.6 Å². The SMILES string of the molecule is COC(=O)CC1(CSc2cc(N)cc(S(N)(=O)=O)c2)CC1. The lowest BCUT2D eigenvalue weighted by atomic mass is 10.1. The second-order valence-corrected chi connectivity index (χ2v) is 7.93. The van der Waals surface area contributed by atoms with Crippen molar-refractivity contribution in [1.82, 2.24) is 0 Å². The molecule has 0 bridgehead atoms. The molecule has 0 saturated heterocycles. The van der Waals surface area contributed by atoms with Crippen LogP contribution in [0.5, 0.6) is 0 Å². The van der Waals surface area contributed by atoms with Crippen LogP contribution in [0.25, 0.3) is 0 Å². The largest absolute Gasteiger partial charge is 0.469 e. The molecule has 0 radical (unpaired) electrons. The Morgan fingerprint density at radius 3 is 2.57 bits per heavy atom. The number of rotatable bonds is 6. The van der Waals surface area contributed by atoms with Crippen molar-refractivity contribution < 1.29 is 17.9 Å². The molecule has 8 heteroatoms. The van der Waals surface area contributed by atoms with Crippen molar-refractivity contribution in [2.24, 2.45) is 10.6 Å². The number of primary sulfonamides is 1. The number of anilines is 1. The van der Waals surface area contributed by atoms with Crippen LogP contribution in [0.15, 0.2) is 28.0 Å². The standard InChI is InChI=1S/C13H18N2O4S2/c1-19-12(16)7-13(2-3-13)8-20-10-4-9(14)5-11(6-10)21(15,17)18/h4-6H,2-3,7-8,14H2,1H3,(H2,15,17,18). The molecule has 6 nitrogen and oxygen atoms in total. The quantitative estimate of drug-likeness (QED) is 0.462. The van der Waals surface area contributed by atoms with Crippen molar-refractivity contribution in [3.63, 3.8) is 0 Å². The van der Waals surface area contributed by atoms with Crippen LogP contribution in [0.2, 0.25) is 0 Å². The molecule has 0 aliphatic heterocycles. The first-order chi connectivity index (χ1) is 9.74. The number of thioether (sulfide) groups is 1. The first kappa shape index (κ1) is 16.1. The molecule has 0 aromatic heterocycles. The van der Waals surface area contributed by atoms with E-state index in [1.807, 2.05) is 0 Å². The topological polar surface area (TPSA) is 112 Å². The van der Waals surface area contributed by atoms with Crippen molar-refractivity contribution in [3.05, 3.63) is 18.2 Å². The molecule has 1 aliphatic rings. The van der Waals surface area contributed by atoms with Crippen molar-refractivity contribution in [1.29, 1.82) is 0 Å². The van der Waals surface area contributed by atoms with E-state index in [0.29, 0.717) is 12.1 Å². The highest BCUT2D eigenvalue weighted by molar-refractivity contribution is 7.99. The van der Waals surface area contributed by atoms with Gasteiger partial charge in [-0.3, -0.25) is 4.79 Å². The summed E-state index contributed by atoms with van der Waals surface area (Å²) >= 11 is 1.48. The van der Waals surface area contributed by atoms with Crippen LogP contribution in [-0.4, -0.2) is 27.2 Å². The Morgan fingerprint density at radius 1 is 1.38 bits per heavy atom. The molecule has 0 amide bonds. The van der Waals surface area contributed by atoms with E-state index in [0.717, 1.165) is 23.5 Å². The summed E-state index contributed by atoms with van der Waals surface area (Å²) in [4.78, 5) is 12.1. The van der Waals surface area contributed by atoms with E-state index < -0.39 is 10.0 Å². The van der Waals surface area contributed by atoms with Crippen molar-refractivity contribution in [3.8, 4) is 0 Å². The zero-order valence-corrected chi connectivity index (χ0v) is 13.3. The summed E-state index contributed by atoms with van der Waals surface area (Å²) in [5, 5.41) is 5.12. The van der Waals surface area contributed by atoms with Crippen LogP contribution in [0.4, 0.5) is 5.69 Å². The first-order valence-electron chi connectivity index (χ1n) is 6.37. The van der Waals surface area contributed by atoms with Crippen LogP contribution < -0.4 is 10.9 Å². The number of hydrogen-bond donors (Lipinski definition) is 2. The van der Waals surface area contributed by atoms with Gasteiger partial charge in [0.1, 0.15) is 0 Å². The van der Waals surface area contributed by atoms with E-state index in [4.69, 9.17) is 15.6 Å². The maximum Gasteiger partial charge on any atom is 0.306 e. The number of carbonyl (C=O) groups is 1. The third-order valence-corrected chi connectivity index (χ3v) is 5.70. The van der Waals surface area contributed by atoms with E-state index in [-0.39, 0.29) is 16.3 Å². The Morgan fingerprint density at radius 2 is 2.05 bits per heavy atom. The van der Waals surface area contributed by atoms with E-state index >= 15 is 0 Å². The smallest absolute Gasteiger partial charge is 0.306 e. The number of sulfonamides is 1. The molecule has 0 heterocycles. The molecule has 1 aliphatic carbocycles. The van der Waals surface area contributed by atoms with Gasteiger partial charge in [0.15, 0.2) is 0 Å². The number of hydrogen-bond acceptors (Lipinski definition) is 6. The fourth-order valence-corrected chi connectivity index (χ4v) is 3.96. The number of benzene rings is 1. The van der Waals surface area contributed by atoms with Gasteiger partial charge in [-0.2, -0.15) is 0 Å². The third kappa shape index (κ3) is 4.36. The molecule has 1 aromatic carbocycles. The average Bonchev–Trinajstić information content (AvgIpc) is 3.15. The van der Waals surface area contributed by atoms with Gasteiger partial charge in [0, 0.05) is 16.3 Å². The summed E-state index contributed by atoms with van der Waals surface area (Å²) in [7, 11) is -2.40. The molecule has 4 N–H and O–H groups in total. The van der Waals surface area contributed by atoms with Crippen LogP contribution in [0, 0.1) is 5.41 Å². The number of carbonyl (C=O) groups excluding carboxylic acids is 1. The number of ether oxygens (including phenoxy) is 1. The van der Waals surface area contributed by atoms with Crippen LogP contribution in [0.3, 0.4) is 0 Å². The molecule has 0 unspecified atom stereocenters. The van der Waals surface area contributed by atoms with Crippen molar-refractivity contribution >= 4 is 33.4 Å².